The first-order chi connectivity index (χ1) is 23.3. The van der Waals surface area contributed by atoms with Crippen LogP contribution >= 0.6 is 0 Å². The van der Waals surface area contributed by atoms with Crippen LogP contribution in [0.25, 0.3) is 0 Å². The average molecular weight is 668 g/mol. The Labute approximate surface area is 284 Å². The fourth-order valence-electron chi connectivity index (χ4n) is 6.19. The highest BCUT2D eigenvalue weighted by Crippen LogP contribution is 2.27. The van der Waals surface area contributed by atoms with Crippen molar-refractivity contribution in [2.75, 3.05) is 17.5 Å². The molecule has 0 saturated heterocycles. The molecule has 1 N–H and O–H groups in total. The molecule has 1 fully saturated rings. The summed E-state index contributed by atoms with van der Waals surface area (Å²) < 4.78 is 35.2. The molecule has 0 radical (unpaired) electrons. The molecule has 2 amide bonds. The molecule has 1 aliphatic carbocycles. The van der Waals surface area contributed by atoms with Crippen LogP contribution in [0.4, 0.5) is 5.69 Å². The Kier molecular flexibility index (Phi) is 11.9. The number of nitrogens with zero attached hydrogens (tertiary/aromatic N) is 2. The van der Waals surface area contributed by atoms with E-state index in [1.165, 1.54) is 12.1 Å². The van der Waals surface area contributed by atoms with E-state index in [2.05, 4.69) is 5.32 Å². The number of ether oxygens (including phenoxy) is 1. The van der Waals surface area contributed by atoms with Gasteiger partial charge in [-0.05, 0) is 79.8 Å². The Hall–Kier alpha value is -4.63. The van der Waals surface area contributed by atoms with Gasteiger partial charge in [-0.25, -0.2) is 8.42 Å². The summed E-state index contributed by atoms with van der Waals surface area (Å²) in [6.45, 7) is 3.93. The minimum absolute atomic E-state index is 0.0314. The Bertz CT molecular complexity index is 1740. The molecule has 252 valence electrons. The molecule has 1 saturated carbocycles. The van der Waals surface area contributed by atoms with Crippen molar-refractivity contribution in [2.45, 2.75) is 75.9 Å². The number of hydrogen-bond acceptors (Lipinski definition) is 5. The van der Waals surface area contributed by atoms with Crippen molar-refractivity contribution in [3.05, 3.63) is 126 Å². The fourth-order valence-corrected chi connectivity index (χ4v) is 7.61. The molecule has 0 bridgehead atoms. The maximum absolute atomic E-state index is 14.7. The molecule has 1 unspecified atom stereocenters. The van der Waals surface area contributed by atoms with Crippen LogP contribution in [-0.2, 0) is 32.6 Å². The van der Waals surface area contributed by atoms with Crippen molar-refractivity contribution < 1.29 is 22.7 Å². The quantitative estimate of drug-likeness (QED) is 0.162. The second-order valence-corrected chi connectivity index (χ2v) is 14.1. The highest BCUT2D eigenvalue weighted by atomic mass is 32.2. The van der Waals surface area contributed by atoms with Gasteiger partial charge in [-0.3, -0.25) is 13.9 Å². The van der Waals surface area contributed by atoms with E-state index in [4.69, 9.17) is 4.74 Å². The number of carbonyl (C=O) groups excluding carboxylic acids is 2. The van der Waals surface area contributed by atoms with Gasteiger partial charge in [-0.15, -0.1) is 0 Å². The van der Waals surface area contributed by atoms with E-state index in [-0.39, 0.29) is 29.8 Å². The lowest BCUT2D eigenvalue weighted by Gasteiger charge is -2.35. The van der Waals surface area contributed by atoms with Crippen molar-refractivity contribution in [3.8, 4) is 5.75 Å². The Morgan fingerprint density at radius 3 is 2.10 bits per heavy atom. The molecular weight excluding hydrogens is 623 g/mol. The number of aryl methyl sites for hydroxylation is 1. The Balaban J connectivity index is 1.54. The number of carbonyl (C=O) groups is 2. The van der Waals surface area contributed by atoms with Crippen molar-refractivity contribution in [2.24, 2.45) is 0 Å². The number of hydrogen-bond donors (Lipinski definition) is 1. The molecule has 0 heterocycles. The summed E-state index contributed by atoms with van der Waals surface area (Å²) in [6.07, 6.45) is 5.34. The maximum Gasteiger partial charge on any atom is 0.264 e. The van der Waals surface area contributed by atoms with Gasteiger partial charge in [0, 0.05) is 19.0 Å². The standard InChI is InChI=1S/C39H45N3O5S/c1-3-47-35-23-25-36(26-24-35)48(45,46)42(34-21-11-6-12-22-34)29-38(43)41(28-32-18-14-13-15-30(32)2)37(27-31-16-7-4-8-17-31)39(44)40-33-19-9-5-10-20-33/h4,6-8,11-18,21-26,33,37H,3,5,9-10,19-20,27-29H2,1-2H3,(H,40,44). The van der Waals surface area contributed by atoms with Crippen LogP contribution in [0.5, 0.6) is 5.75 Å². The largest absolute Gasteiger partial charge is 0.494 e. The van der Waals surface area contributed by atoms with Gasteiger partial charge in [0.1, 0.15) is 18.3 Å². The third-order valence-corrected chi connectivity index (χ3v) is 10.7. The highest BCUT2D eigenvalue weighted by molar-refractivity contribution is 7.92. The normalized spacial score (nSPS) is 14.1. The van der Waals surface area contributed by atoms with Crippen molar-refractivity contribution >= 4 is 27.5 Å². The third kappa shape index (κ3) is 8.83. The van der Waals surface area contributed by atoms with Gasteiger partial charge in [-0.1, -0.05) is 92.1 Å². The topological polar surface area (TPSA) is 96.0 Å². The predicted octanol–water partition coefficient (Wildman–Crippen LogP) is 6.68. The number of amides is 2. The number of nitrogens with one attached hydrogen (secondary N) is 1. The molecule has 9 heteroatoms. The molecule has 1 atom stereocenters. The summed E-state index contributed by atoms with van der Waals surface area (Å²) in [4.78, 5) is 30.6. The highest BCUT2D eigenvalue weighted by Gasteiger charge is 2.35. The summed E-state index contributed by atoms with van der Waals surface area (Å²) in [5.41, 5.74) is 3.12. The van der Waals surface area contributed by atoms with E-state index in [9.17, 15) is 18.0 Å². The molecular formula is C39H45N3O5S. The smallest absolute Gasteiger partial charge is 0.264 e. The number of anilines is 1. The molecule has 1 aliphatic rings. The van der Waals surface area contributed by atoms with Crippen LogP contribution in [0.15, 0.2) is 114 Å². The molecule has 4 aromatic rings. The second kappa shape index (κ2) is 16.5. The van der Waals surface area contributed by atoms with E-state index in [0.29, 0.717) is 18.0 Å². The summed E-state index contributed by atoms with van der Waals surface area (Å²) in [5, 5.41) is 3.26. The van der Waals surface area contributed by atoms with E-state index in [1.54, 1.807) is 47.4 Å². The lowest BCUT2D eigenvalue weighted by Crippen LogP contribution is -2.55. The second-order valence-electron chi connectivity index (χ2n) is 12.2. The number of para-hydroxylation sites is 1. The average Bonchev–Trinajstić information content (AvgIpc) is 3.11. The molecule has 0 aliphatic heterocycles. The lowest BCUT2D eigenvalue weighted by molar-refractivity contribution is -0.140. The number of rotatable bonds is 14. The molecule has 8 nitrogen and oxygen atoms in total. The minimum Gasteiger partial charge on any atom is -0.494 e. The molecule has 0 aromatic heterocycles. The van der Waals surface area contributed by atoms with E-state index < -0.39 is 28.5 Å². The van der Waals surface area contributed by atoms with E-state index >= 15 is 0 Å². The minimum atomic E-state index is -4.19. The summed E-state index contributed by atoms with van der Waals surface area (Å²) in [7, 11) is -4.19. The van der Waals surface area contributed by atoms with Crippen molar-refractivity contribution in [1.29, 1.82) is 0 Å². The van der Waals surface area contributed by atoms with Gasteiger partial charge >= 0.3 is 0 Å². The van der Waals surface area contributed by atoms with Crippen molar-refractivity contribution in [1.82, 2.24) is 10.2 Å². The summed E-state index contributed by atoms with van der Waals surface area (Å²) in [6, 6.07) is 31.4. The summed E-state index contributed by atoms with van der Waals surface area (Å²) >= 11 is 0. The van der Waals surface area contributed by atoms with Gasteiger partial charge in [0.05, 0.1) is 17.2 Å². The van der Waals surface area contributed by atoms with E-state index in [1.807, 2.05) is 68.4 Å². The van der Waals surface area contributed by atoms with Crippen LogP contribution in [0.3, 0.4) is 0 Å². The van der Waals surface area contributed by atoms with E-state index in [0.717, 1.165) is 53.1 Å². The number of sulfonamides is 1. The Morgan fingerprint density at radius 2 is 1.46 bits per heavy atom. The fraction of sp³-hybridized carbons (Fsp3) is 0.333. The first kappa shape index (κ1) is 34.7. The van der Waals surface area contributed by atoms with Crippen LogP contribution in [0.2, 0.25) is 0 Å². The van der Waals surface area contributed by atoms with Crippen LogP contribution in [0, 0.1) is 6.92 Å². The molecule has 5 rings (SSSR count). The first-order valence-corrected chi connectivity index (χ1v) is 18.2. The first-order valence-electron chi connectivity index (χ1n) is 16.7. The maximum atomic E-state index is 14.7. The van der Waals surface area contributed by atoms with Gasteiger partial charge in [0.25, 0.3) is 10.0 Å². The zero-order chi connectivity index (χ0) is 33.9. The third-order valence-electron chi connectivity index (χ3n) is 8.87. The van der Waals surface area contributed by atoms with Gasteiger partial charge in [0.2, 0.25) is 11.8 Å². The van der Waals surface area contributed by atoms with Crippen molar-refractivity contribution in [3.63, 3.8) is 0 Å². The SMILES string of the molecule is CCOc1ccc(S(=O)(=O)N(CC(=O)N(Cc2ccccc2C)C(Cc2ccccc2)C(=O)NC2CCCCC2)c2ccccc2)cc1. The molecule has 48 heavy (non-hydrogen) atoms. The van der Waals surface area contributed by atoms with Crippen LogP contribution in [0.1, 0.15) is 55.7 Å². The lowest BCUT2D eigenvalue weighted by atomic mass is 9.94. The van der Waals surface area contributed by atoms with Gasteiger partial charge < -0.3 is 15.0 Å². The van der Waals surface area contributed by atoms with Gasteiger partial charge in [-0.2, -0.15) is 0 Å². The van der Waals surface area contributed by atoms with Gasteiger partial charge in [0.15, 0.2) is 0 Å². The molecule has 0 spiro atoms. The Morgan fingerprint density at radius 1 is 0.833 bits per heavy atom. The predicted molar refractivity (Wildman–Crippen MR) is 189 cm³/mol. The monoisotopic (exact) mass is 667 g/mol. The zero-order valence-corrected chi connectivity index (χ0v) is 28.6. The van der Waals surface area contributed by atoms with Crippen LogP contribution < -0.4 is 14.4 Å². The summed E-state index contributed by atoms with van der Waals surface area (Å²) in [5.74, 6) is -0.152. The number of benzene rings is 4. The van der Waals surface area contributed by atoms with Crippen LogP contribution in [-0.4, -0.2) is 50.4 Å². The zero-order valence-electron chi connectivity index (χ0n) is 27.8. The molecule has 4 aromatic carbocycles.